The standard InChI is InChI=1S/3C24H27ClN2O3.C2H6O/c3*1-15-12-16(2)22-17(3)23(30-21(22)13-15)24(28)26-14-20(27-8-10-29-11-9-27)18-6-4-5-7-19(18)25;1-2-3/h3*4-7,12-13,20H,8-11,14H2,1-3H3,(H,26,28);3H,2H2,1H3. The maximum Gasteiger partial charge on any atom is 0.287 e. The highest BCUT2D eigenvalue weighted by atomic mass is 35.5. The Kier molecular flexibility index (Phi) is 24.8. The van der Waals surface area contributed by atoms with E-state index in [4.69, 9.17) is 67.4 Å². The van der Waals surface area contributed by atoms with E-state index in [-0.39, 0.29) is 42.5 Å². The first-order chi connectivity index (χ1) is 44.8. The van der Waals surface area contributed by atoms with E-state index in [9.17, 15) is 14.4 Å². The van der Waals surface area contributed by atoms with Crippen molar-refractivity contribution in [2.45, 2.75) is 87.4 Å². The Morgan fingerprint density at radius 2 is 0.656 bits per heavy atom. The molecule has 0 spiro atoms. The summed E-state index contributed by atoms with van der Waals surface area (Å²) in [6, 6.07) is 35.6. The number of carbonyl (C=O) groups is 3. The monoisotopic (exact) mass is 1320 g/mol. The van der Waals surface area contributed by atoms with Gasteiger partial charge in [0.25, 0.3) is 17.7 Å². The van der Waals surface area contributed by atoms with Crippen molar-refractivity contribution in [2.24, 2.45) is 0 Å². The largest absolute Gasteiger partial charge is 0.451 e. The summed E-state index contributed by atoms with van der Waals surface area (Å²) in [5.74, 6) is 0.513. The molecule has 93 heavy (non-hydrogen) atoms. The van der Waals surface area contributed by atoms with Crippen LogP contribution in [0.3, 0.4) is 0 Å². The average molecular weight is 1330 g/mol. The van der Waals surface area contributed by atoms with E-state index in [0.717, 1.165) is 139 Å². The minimum Gasteiger partial charge on any atom is -0.451 e. The van der Waals surface area contributed by atoms with E-state index in [0.29, 0.717) is 91.6 Å². The van der Waals surface area contributed by atoms with Crippen LogP contribution in [0.2, 0.25) is 15.1 Å². The number of aliphatic hydroxyl groups excluding tert-OH is 1. The molecule has 6 heterocycles. The van der Waals surface area contributed by atoms with Gasteiger partial charge in [-0.3, -0.25) is 29.1 Å². The van der Waals surface area contributed by atoms with Crippen LogP contribution in [0.1, 0.15) is 123 Å². The molecule has 0 radical (unpaired) electrons. The predicted molar refractivity (Wildman–Crippen MR) is 371 cm³/mol. The molecule has 3 fully saturated rings. The number of amides is 3. The number of fused-ring (bicyclic) bond motifs is 3. The quantitative estimate of drug-likeness (QED) is 0.0761. The molecule has 3 atom stereocenters. The third-order valence-electron chi connectivity index (χ3n) is 17.4. The van der Waals surface area contributed by atoms with Gasteiger partial charge in [-0.25, -0.2) is 0 Å². The average Bonchev–Trinajstić information content (AvgIpc) is 1.67. The number of rotatable bonds is 15. The topological polar surface area (TPSA) is 184 Å². The summed E-state index contributed by atoms with van der Waals surface area (Å²) in [7, 11) is 0. The molecule has 3 aliphatic rings. The lowest BCUT2D eigenvalue weighted by Gasteiger charge is -2.35. The van der Waals surface area contributed by atoms with E-state index in [1.807, 2.05) is 153 Å². The molecular weight excluding hydrogens is 1240 g/mol. The second-order valence-electron chi connectivity index (χ2n) is 24.0. The first-order valence-corrected chi connectivity index (χ1v) is 33.1. The van der Waals surface area contributed by atoms with Crippen molar-refractivity contribution in [2.75, 3.05) is 105 Å². The molecule has 0 bridgehead atoms. The maximum atomic E-state index is 13.1. The normalized spacial score (nSPS) is 15.7. The fraction of sp³-hybridized carbons (Fsp3) is 0.392. The van der Waals surface area contributed by atoms with E-state index >= 15 is 0 Å². The first-order valence-electron chi connectivity index (χ1n) is 31.9. The van der Waals surface area contributed by atoms with Crippen LogP contribution in [0.15, 0.2) is 122 Å². The zero-order valence-corrected chi connectivity index (χ0v) is 57.3. The van der Waals surface area contributed by atoms with Gasteiger partial charge in [0.05, 0.1) is 57.8 Å². The molecule has 3 unspecified atom stereocenters. The fourth-order valence-electron chi connectivity index (χ4n) is 13.0. The summed E-state index contributed by atoms with van der Waals surface area (Å²) in [5.41, 5.74) is 14.6. The predicted octanol–water partition coefficient (Wildman–Crippen LogP) is 14.4. The van der Waals surface area contributed by atoms with Crippen LogP contribution in [0.25, 0.3) is 32.9 Å². The number of nitrogens with zero attached hydrogens (tertiary/aromatic N) is 3. The SMILES string of the molecule is CCO.Cc1cc(C)c2c(C)c(C(=O)NCC(c3ccccc3Cl)N3CCOCC3)oc2c1.Cc1cc(C)c2c(C)c(C(=O)NCC(c3ccccc3Cl)N3CCOCC3)oc2c1.Cc1cc(C)c2c(C)c(C(=O)NCC(c3ccccc3Cl)N3CCOCC3)oc2c1. The van der Waals surface area contributed by atoms with Crippen LogP contribution in [-0.4, -0.2) is 143 Å². The summed E-state index contributed by atoms with van der Waals surface area (Å²) < 4.78 is 34.4. The number of furan rings is 3. The van der Waals surface area contributed by atoms with Gasteiger partial charge in [0, 0.05) is 113 Å². The number of aliphatic hydroxyl groups is 1. The van der Waals surface area contributed by atoms with Crippen LogP contribution in [0.4, 0.5) is 0 Å². The fourth-order valence-corrected chi connectivity index (χ4v) is 13.8. The molecule has 4 N–H and O–H groups in total. The van der Waals surface area contributed by atoms with Gasteiger partial charge >= 0.3 is 0 Å². The second kappa shape index (κ2) is 32.9. The number of morpholine rings is 3. The van der Waals surface area contributed by atoms with Gasteiger partial charge in [-0.1, -0.05) is 108 Å². The van der Waals surface area contributed by atoms with Crippen LogP contribution in [0, 0.1) is 62.3 Å². The number of halogens is 3. The lowest BCUT2D eigenvalue weighted by atomic mass is 10.0. The minimum atomic E-state index is -0.203. The molecule has 3 aromatic heterocycles. The zero-order valence-electron chi connectivity index (χ0n) is 55.0. The number of carbonyl (C=O) groups excluding carboxylic acids is 3. The van der Waals surface area contributed by atoms with Crippen molar-refractivity contribution < 1.29 is 47.0 Å². The summed E-state index contributed by atoms with van der Waals surface area (Å²) in [6.45, 7) is 30.2. The van der Waals surface area contributed by atoms with E-state index < -0.39 is 0 Å². The Morgan fingerprint density at radius 1 is 0.419 bits per heavy atom. The van der Waals surface area contributed by atoms with E-state index in [1.54, 1.807) is 6.92 Å². The Hall–Kier alpha value is -7.06. The number of ether oxygens (including phenoxy) is 3. The van der Waals surface area contributed by atoms with Crippen LogP contribution < -0.4 is 16.0 Å². The summed E-state index contributed by atoms with van der Waals surface area (Å²) in [5, 5.41) is 22.0. The molecule has 3 amide bonds. The van der Waals surface area contributed by atoms with Gasteiger partial charge in [-0.05, 0) is 156 Å². The molecule has 12 rings (SSSR count). The van der Waals surface area contributed by atoms with E-state index in [2.05, 4.69) is 48.8 Å². The molecule has 0 aliphatic carbocycles. The second-order valence-corrected chi connectivity index (χ2v) is 25.3. The zero-order chi connectivity index (χ0) is 66.5. The maximum absolute atomic E-state index is 13.1. The number of benzene rings is 6. The van der Waals surface area contributed by atoms with Crippen molar-refractivity contribution in [3.05, 3.63) is 208 Å². The van der Waals surface area contributed by atoms with Crippen molar-refractivity contribution in [1.82, 2.24) is 30.7 Å². The van der Waals surface area contributed by atoms with Gasteiger partial charge in [0.15, 0.2) is 17.3 Å². The highest BCUT2D eigenvalue weighted by molar-refractivity contribution is 6.32. The summed E-state index contributed by atoms with van der Waals surface area (Å²) in [6.07, 6.45) is 0. The Bertz CT molecular complexity index is 3640. The number of nitrogens with one attached hydrogen (secondary N) is 3. The molecule has 3 saturated heterocycles. The van der Waals surface area contributed by atoms with Crippen molar-refractivity contribution in [3.63, 3.8) is 0 Å². The van der Waals surface area contributed by atoms with Crippen molar-refractivity contribution in [1.29, 1.82) is 0 Å². The third-order valence-corrected chi connectivity index (χ3v) is 18.4. The highest BCUT2D eigenvalue weighted by Crippen LogP contribution is 2.35. The molecule has 16 nitrogen and oxygen atoms in total. The highest BCUT2D eigenvalue weighted by Gasteiger charge is 2.31. The summed E-state index contributed by atoms with van der Waals surface area (Å²) >= 11 is 19.5. The number of hydrogen-bond donors (Lipinski definition) is 4. The van der Waals surface area contributed by atoms with Crippen molar-refractivity contribution in [3.8, 4) is 0 Å². The van der Waals surface area contributed by atoms with Crippen molar-refractivity contribution >= 4 is 85.4 Å². The smallest absolute Gasteiger partial charge is 0.287 e. The number of aryl methyl sites for hydroxylation is 9. The molecule has 3 aliphatic heterocycles. The van der Waals surface area contributed by atoms with Crippen LogP contribution in [-0.2, 0) is 14.2 Å². The molecular formula is C74H87Cl3N6O10. The molecule has 0 saturated carbocycles. The summed E-state index contributed by atoms with van der Waals surface area (Å²) in [4.78, 5) is 46.1. The third kappa shape index (κ3) is 17.1. The van der Waals surface area contributed by atoms with Gasteiger partial charge < -0.3 is 48.5 Å². The Balaban J connectivity index is 0.000000161. The molecule has 19 heteroatoms. The van der Waals surface area contributed by atoms with Gasteiger partial charge in [0.1, 0.15) is 16.7 Å². The van der Waals surface area contributed by atoms with Crippen LogP contribution in [0.5, 0.6) is 0 Å². The van der Waals surface area contributed by atoms with Gasteiger partial charge in [-0.2, -0.15) is 0 Å². The Labute approximate surface area is 560 Å². The molecule has 494 valence electrons. The lowest BCUT2D eigenvalue weighted by Crippen LogP contribution is -2.44. The minimum absolute atomic E-state index is 0.0276. The van der Waals surface area contributed by atoms with Gasteiger partial charge in [-0.15, -0.1) is 0 Å². The lowest BCUT2D eigenvalue weighted by molar-refractivity contribution is 0.0161. The van der Waals surface area contributed by atoms with E-state index in [1.165, 1.54) is 0 Å². The number of hydrogen-bond acceptors (Lipinski definition) is 13. The molecule has 9 aromatic rings. The van der Waals surface area contributed by atoms with Gasteiger partial charge in [0.2, 0.25) is 0 Å². The van der Waals surface area contributed by atoms with Crippen LogP contribution >= 0.6 is 34.8 Å². The molecule has 6 aromatic carbocycles. The Morgan fingerprint density at radius 3 is 0.892 bits per heavy atom. The first kappa shape index (κ1) is 70.3.